The van der Waals surface area contributed by atoms with Crippen LogP contribution in [0.2, 0.25) is 0 Å². The second-order valence-electron chi connectivity index (χ2n) is 6.43. The highest BCUT2D eigenvalue weighted by Crippen LogP contribution is 2.35. The van der Waals surface area contributed by atoms with Gasteiger partial charge in [-0.05, 0) is 37.1 Å². The highest BCUT2D eigenvalue weighted by atomic mass is 35.5. The molecule has 1 saturated carbocycles. The Bertz CT molecular complexity index is 661. The summed E-state index contributed by atoms with van der Waals surface area (Å²) < 4.78 is 10.8. The van der Waals surface area contributed by atoms with E-state index in [9.17, 15) is 0 Å². The number of hydrogen-bond donors (Lipinski definition) is 1. The minimum atomic E-state index is -0.407. The molecule has 2 aliphatic rings. The Morgan fingerprint density at radius 3 is 2.38 bits per heavy atom. The number of nitrogens with two attached hydrogens (primary N) is 1. The molecule has 7 heteroatoms. The van der Waals surface area contributed by atoms with E-state index in [1.165, 1.54) is 5.69 Å². The second kappa shape index (κ2) is 7.09. The Hall–Kier alpha value is -1.63. The molecule has 0 unspecified atom stereocenters. The van der Waals surface area contributed by atoms with Crippen molar-refractivity contribution in [2.24, 2.45) is 5.73 Å². The lowest BCUT2D eigenvalue weighted by atomic mass is 9.99. The summed E-state index contributed by atoms with van der Waals surface area (Å²) in [5.74, 6) is 1.19. The summed E-state index contributed by atoms with van der Waals surface area (Å²) in [7, 11) is 0. The van der Waals surface area contributed by atoms with E-state index in [0.717, 1.165) is 57.6 Å². The quantitative estimate of drug-likeness (QED) is 0.917. The third kappa shape index (κ3) is 3.27. The molecule has 0 radical (unpaired) electrons. The number of rotatable bonds is 3. The van der Waals surface area contributed by atoms with Crippen LogP contribution in [0.5, 0.6) is 0 Å². The fourth-order valence-corrected chi connectivity index (χ4v) is 3.41. The first-order chi connectivity index (χ1) is 11.2. The molecule has 24 heavy (non-hydrogen) atoms. The number of hydrogen-bond acceptors (Lipinski definition) is 6. The van der Waals surface area contributed by atoms with E-state index in [1.807, 2.05) is 12.1 Å². The Labute approximate surface area is 147 Å². The van der Waals surface area contributed by atoms with Crippen molar-refractivity contribution in [2.75, 3.05) is 31.2 Å². The lowest BCUT2D eigenvalue weighted by Crippen LogP contribution is -2.36. The second-order valence-corrected chi connectivity index (χ2v) is 6.43. The number of morpholine rings is 1. The topological polar surface area (TPSA) is 77.4 Å². The van der Waals surface area contributed by atoms with E-state index in [1.54, 1.807) is 0 Å². The Balaban J connectivity index is 0.00000169. The van der Waals surface area contributed by atoms with Crippen LogP contribution in [0.25, 0.3) is 11.5 Å². The molecular weight excluding hydrogens is 328 g/mol. The summed E-state index contributed by atoms with van der Waals surface area (Å²) >= 11 is 0. The molecule has 130 valence electrons. The largest absolute Gasteiger partial charge is 0.378 e. The molecule has 6 nitrogen and oxygen atoms in total. The number of aromatic nitrogens is 2. The first-order valence-corrected chi connectivity index (χ1v) is 8.31. The first-order valence-electron chi connectivity index (χ1n) is 8.31. The van der Waals surface area contributed by atoms with Crippen LogP contribution in [0.3, 0.4) is 0 Å². The van der Waals surface area contributed by atoms with Crippen molar-refractivity contribution >= 4 is 18.1 Å². The Kier molecular flexibility index (Phi) is 5.08. The predicted octanol–water partition coefficient (Wildman–Crippen LogP) is 2.72. The lowest BCUT2D eigenvalue weighted by molar-refractivity contribution is 0.122. The highest BCUT2D eigenvalue weighted by molar-refractivity contribution is 5.85. The monoisotopic (exact) mass is 350 g/mol. The normalized spacial score (nSPS) is 20.0. The van der Waals surface area contributed by atoms with Gasteiger partial charge >= 0.3 is 0 Å². The molecule has 1 aromatic carbocycles. The van der Waals surface area contributed by atoms with Crippen molar-refractivity contribution < 1.29 is 9.26 Å². The summed E-state index contributed by atoms with van der Waals surface area (Å²) in [6.07, 6.45) is 4.13. The maximum atomic E-state index is 6.39. The summed E-state index contributed by atoms with van der Waals surface area (Å²) in [5.41, 5.74) is 8.11. The molecule has 0 spiro atoms. The number of halogens is 1. The summed E-state index contributed by atoms with van der Waals surface area (Å²) in [6, 6.07) is 8.25. The number of nitrogens with zero attached hydrogens (tertiary/aromatic N) is 3. The average Bonchev–Trinajstić information content (AvgIpc) is 3.26. The molecule has 1 aromatic heterocycles. The van der Waals surface area contributed by atoms with Gasteiger partial charge in [0.1, 0.15) is 0 Å². The van der Waals surface area contributed by atoms with Crippen LogP contribution >= 0.6 is 12.4 Å². The minimum Gasteiger partial charge on any atom is -0.378 e. The fourth-order valence-electron chi connectivity index (χ4n) is 3.41. The van der Waals surface area contributed by atoms with Gasteiger partial charge in [-0.15, -0.1) is 12.4 Å². The van der Waals surface area contributed by atoms with E-state index in [0.29, 0.717) is 11.7 Å². The summed E-state index contributed by atoms with van der Waals surface area (Å²) in [5, 5.41) is 4.12. The van der Waals surface area contributed by atoms with Crippen LogP contribution in [0, 0.1) is 0 Å². The zero-order chi connectivity index (χ0) is 15.7. The number of ether oxygens (including phenoxy) is 1. The molecule has 2 fully saturated rings. The molecule has 1 aliphatic carbocycles. The minimum absolute atomic E-state index is 0. The fraction of sp³-hybridized carbons (Fsp3) is 0.529. The lowest BCUT2D eigenvalue weighted by Gasteiger charge is -2.28. The van der Waals surface area contributed by atoms with Crippen LogP contribution in [0.1, 0.15) is 31.5 Å². The zero-order valence-electron chi connectivity index (χ0n) is 13.6. The van der Waals surface area contributed by atoms with Crippen molar-refractivity contribution in [3.05, 3.63) is 30.1 Å². The van der Waals surface area contributed by atoms with Gasteiger partial charge in [-0.2, -0.15) is 4.98 Å². The molecular formula is C17H23ClN4O2. The average molecular weight is 351 g/mol. The number of benzene rings is 1. The summed E-state index contributed by atoms with van der Waals surface area (Å²) in [6.45, 7) is 3.43. The van der Waals surface area contributed by atoms with Crippen LogP contribution in [0.15, 0.2) is 28.8 Å². The van der Waals surface area contributed by atoms with Gasteiger partial charge in [0.2, 0.25) is 0 Å². The van der Waals surface area contributed by atoms with Crippen molar-refractivity contribution in [3.8, 4) is 11.5 Å². The van der Waals surface area contributed by atoms with Gasteiger partial charge in [0.25, 0.3) is 5.89 Å². The van der Waals surface area contributed by atoms with E-state index in [-0.39, 0.29) is 12.4 Å². The maximum Gasteiger partial charge on any atom is 0.257 e. The SMILES string of the molecule is Cl.NC1(c2noc(-c3ccc(N4CCOCC4)cc3)n2)CCCC1. The zero-order valence-corrected chi connectivity index (χ0v) is 14.4. The third-order valence-electron chi connectivity index (χ3n) is 4.86. The van der Waals surface area contributed by atoms with Crippen LogP contribution in [0.4, 0.5) is 5.69 Å². The van der Waals surface area contributed by atoms with E-state index >= 15 is 0 Å². The van der Waals surface area contributed by atoms with Gasteiger partial charge in [0, 0.05) is 24.3 Å². The summed E-state index contributed by atoms with van der Waals surface area (Å²) in [4.78, 5) is 6.86. The van der Waals surface area contributed by atoms with Gasteiger partial charge in [0.15, 0.2) is 5.82 Å². The third-order valence-corrected chi connectivity index (χ3v) is 4.86. The van der Waals surface area contributed by atoms with E-state index in [2.05, 4.69) is 27.2 Å². The van der Waals surface area contributed by atoms with Crippen molar-refractivity contribution in [2.45, 2.75) is 31.2 Å². The molecule has 2 heterocycles. The van der Waals surface area contributed by atoms with Crippen molar-refractivity contribution in [1.29, 1.82) is 0 Å². The van der Waals surface area contributed by atoms with Gasteiger partial charge in [0.05, 0.1) is 18.8 Å². The standard InChI is InChI=1S/C17H22N4O2.ClH/c18-17(7-1-2-8-17)16-19-15(23-20-16)13-3-5-14(6-4-13)21-9-11-22-12-10-21;/h3-6H,1-2,7-12,18H2;1H. The van der Waals surface area contributed by atoms with Crippen molar-refractivity contribution in [3.63, 3.8) is 0 Å². The van der Waals surface area contributed by atoms with Crippen LogP contribution < -0.4 is 10.6 Å². The van der Waals surface area contributed by atoms with Gasteiger partial charge in [-0.25, -0.2) is 0 Å². The van der Waals surface area contributed by atoms with Gasteiger partial charge in [-0.3, -0.25) is 0 Å². The van der Waals surface area contributed by atoms with Gasteiger partial charge in [-0.1, -0.05) is 18.0 Å². The molecule has 4 rings (SSSR count). The van der Waals surface area contributed by atoms with E-state index in [4.69, 9.17) is 15.0 Å². The molecule has 2 aromatic rings. The van der Waals surface area contributed by atoms with Gasteiger partial charge < -0.3 is 19.9 Å². The predicted molar refractivity (Wildman–Crippen MR) is 94.3 cm³/mol. The smallest absolute Gasteiger partial charge is 0.257 e. The molecule has 2 N–H and O–H groups in total. The first kappa shape index (κ1) is 17.2. The maximum absolute atomic E-state index is 6.39. The molecule has 0 bridgehead atoms. The van der Waals surface area contributed by atoms with Crippen molar-refractivity contribution in [1.82, 2.24) is 10.1 Å². The highest BCUT2D eigenvalue weighted by Gasteiger charge is 2.36. The molecule has 0 amide bonds. The molecule has 1 aliphatic heterocycles. The Morgan fingerprint density at radius 2 is 1.71 bits per heavy atom. The van der Waals surface area contributed by atoms with Crippen LogP contribution in [-0.2, 0) is 10.3 Å². The number of anilines is 1. The van der Waals surface area contributed by atoms with E-state index < -0.39 is 5.54 Å². The molecule has 0 atom stereocenters. The molecule has 1 saturated heterocycles. The van der Waals surface area contributed by atoms with Crippen LogP contribution in [-0.4, -0.2) is 36.4 Å². The Morgan fingerprint density at radius 1 is 1.04 bits per heavy atom.